The molecule has 1 aromatic carbocycles. The maximum atomic E-state index is 13.2. The van der Waals surface area contributed by atoms with E-state index in [1.54, 1.807) is 22.5 Å². The number of ether oxygens (including phenoxy) is 1. The van der Waals surface area contributed by atoms with Crippen LogP contribution in [0.25, 0.3) is 11.0 Å². The number of fused-ring (bicyclic) bond motifs is 2. The smallest absolute Gasteiger partial charge is 0.245 e. The van der Waals surface area contributed by atoms with Gasteiger partial charge in [0.1, 0.15) is 15.9 Å². The highest BCUT2D eigenvalue weighted by Gasteiger charge is 2.39. The molecule has 2 aliphatic rings. The van der Waals surface area contributed by atoms with E-state index in [2.05, 4.69) is 13.6 Å². The molecule has 0 bridgehead atoms. The van der Waals surface area contributed by atoms with Gasteiger partial charge in [0.15, 0.2) is 0 Å². The van der Waals surface area contributed by atoms with Gasteiger partial charge in [-0.05, 0) is 25.6 Å². The summed E-state index contributed by atoms with van der Waals surface area (Å²) >= 11 is 1.04. The Bertz CT molecular complexity index is 838. The van der Waals surface area contributed by atoms with Gasteiger partial charge in [-0.1, -0.05) is 6.07 Å². The summed E-state index contributed by atoms with van der Waals surface area (Å²) < 4.78 is 42.0. The highest BCUT2D eigenvalue weighted by Crippen LogP contribution is 2.30. The fraction of sp³-hybridized carbons (Fsp3) is 0.600. The summed E-state index contributed by atoms with van der Waals surface area (Å²) in [4.78, 5) is 2.49. The monoisotopic (exact) mass is 368 g/mol. The second-order valence-corrected chi connectivity index (χ2v) is 8.86. The first kappa shape index (κ1) is 16.3. The first-order valence-corrected chi connectivity index (χ1v) is 10.2. The van der Waals surface area contributed by atoms with E-state index in [9.17, 15) is 8.42 Å². The first-order valence-electron chi connectivity index (χ1n) is 8.07. The van der Waals surface area contributed by atoms with Crippen molar-refractivity contribution in [1.82, 2.24) is 18.0 Å². The van der Waals surface area contributed by atoms with Gasteiger partial charge in [0, 0.05) is 31.6 Å². The molecule has 2 fully saturated rings. The minimum Gasteiger partial charge on any atom is -0.380 e. The van der Waals surface area contributed by atoms with Gasteiger partial charge in [-0.25, -0.2) is 8.42 Å². The minimum absolute atomic E-state index is 0.198. The van der Waals surface area contributed by atoms with Gasteiger partial charge in [0.25, 0.3) is 0 Å². The normalized spacial score (nSPS) is 27.0. The minimum atomic E-state index is -3.57. The molecule has 0 saturated carbocycles. The molecule has 7 nitrogen and oxygen atoms in total. The number of piperidine rings is 1. The molecule has 0 unspecified atom stereocenters. The highest BCUT2D eigenvalue weighted by atomic mass is 32.2. The Balaban J connectivity index is 1.66. The van der Waals surface area contributed by atoms with Crippen LogP contribution in [-0.4, -0.2) is 72.3 Å². The van der Waals surface area contributed by atoms with Crippen molar-refractivity contribution in [3.05, 3.63) is 18.2 Å². The largest absolute Gasteiger partial charge is 0.380 e. The van der Waals surface area contributed by atoms with E-state index in [0.29, 0.717) is 43.3 Å². The lowest BCUT2D eigenvalue weighted by molar-refractivity contribution is 0.0860. The number of aromatic nitrogens is 2. The molecule has 2 saturated heterocycles. The molecular formula is C15H20N4O3S2. The Morgan fingerprint density at radius 3 is 3.04 bits per heavy atom. The quantitative estimate of drug-likeness (QED) is 0.788. The summed E-state index contributed by atoms with van der Waals surface area (Å²) in [6.45, 7) is 3.28. The molecule has 0 amide bonds. The standard InChI is InChI=1S/C15H20N4O3S2/c1-18-7-8-22-10-11-5-6-19(9-13(11)18)24(20,21)14-4-2-3-12-15(14)17-23-16-12/h2-4,11,13H,5-10H2,1H3/t11-,13-/m1/s1. The summed E-state index contributed by atoms with van der Waals surface area (Å²) in [5.74, 6) is 0.390. The Hall–Kier alpha value is -1.13. The second-order valence-electron chi connectivity index (χ2n) is 6.42. The molecule has 0 N–H and O–H groups in total. The molecular weight excluding hydrogens is 348 g/mol. The molecule has 130 valence electrons. The lowest BCUT2D eigenvalue weighted by Gasteiger charge is -2.40. The number of benzene rings is 1. The summed E-state index contributed by atoms with van der Waals surface area (Å²) in [6.07, 6.45) is 0.819. The van der Waals surface area contributed by atoms with Crippen LogP contribution in [0, 0.1) is 5.92 Å². The number of hydrogen-bond acceptors (Lipinski definition) is 7. The second kappa shape index (κ2) is 6.30. The molecule has 2 atom stereocenters. The van der Waals surface area contributed by atoms with Gasteiger partial charge in [-0.3, -0.25) is 4.90 Å². The number of nitrogens with zero attached hydrogens (tertiary/aromatic N) is 4. The maximum absolute atomic E-state index is 13.2. The number of sulfonamides is 1. The summed E-state index contributed by atoms with van der Waals surface area (Å²) in [6, 6.07) is 5.35. The zero-order valence-corrected chi connectivity index (χ0v) is 15.1. The van der Waals surface area contributed by atoms with Crippen LogP contribution in [0.5, 0.6) is 0 Å². The number of likely N-dealkylation sites (N-methyl/N-ethyl adjacent to an activating group) is 1. The zero-order valence-electron chi connectivity index (χ0n) is 13.5. The molecule has 0 radical (unpaired) electrons. The van der Waals surface area contributed by atoms with E-state index in [-0.39, 0.29) is 10.9 Å². The third-order valence-corrected chi connectivity index (χ3v) is 7.48. The van der Waals surface area contributed by atoms with Crippen molar-refractivity contribution in [2.75, 3.05) is 39.9 Å². The molecule has 2 aliphatic heterocycles. The predicted molar refractivity (Wildman–Crippen MR) is 91.5 cm³/mol. The van der Waals surface area contributed by atoms with Crippen molar-refractivity contribution < 1.29 is 13.2 Å². The molecule has 24 heavy (non-hydrogen) atoms. The lowest BCUT2D eigenvalue weighted by Crippen LogP contribution is -2.53. The van der Waals surface area contributed by atoms with Crippen LogP contribution in [0.3, 0.4) is 0 Å². The van der Waals surface area contributed by atoms with Gasteiger partial charge in [0.05, 0.1) is 24.9 Å². The van der Waals surface area contributed by atoms with Crippen LogP contribution >= 0.6 is 11.7 Å². The van der Waals surface area contributed by atoms with Crippen LogP contribution in [0.4, 0.5) is 0 Å². The van der Waals surface area contributed by atoms with Crippen molar-refractivity contribution in [3.63, 3.8) is 0 Å². The van der Waals surface area contributed by atoms with E-state index >= 15 is 0 Å². The number of hydrogen-bond donors (Lipinski definition) is 0. The number of rotatable bonds is 2. The Morgan fingerprint density at radius 2 is 2.17 bits per heavy atom. The Labute approximate surface area is 145 Å². The highest BCUT2D eigenvalue weighted by molar-refractivity contribution is 7.89. The molecule has 0 spiro atoms. The fourth-order valence-corrected chi connectivity index (χ4v) is 5.83. The van der Waals surface area contributed by atoms with E-state index in [1.165, 1.54) is 0 Å². The predicted octanol–water partition coefficient (Wildman–Crippen LogP) is 1.03. The molecule has 4 rings (SSSR count). The average molecular weight is 368 g/mol. The van der Waals surface area contributed by atoms with E-state index in [0.717, 1.165) is 24.7 Å². The van der Waals surface area contributed by atoms with Gasteiger partial charge in [-0.15, -0.1) is 0 Å². The third-order valence-electron chi connectivity index (χ3n) is 5.04. The van der Waals surface area contributed by atoms with Crippen LogP contribution in [0.15, 0.2) is 23.1 Å². The van der Waals surface area contributed by atoms with E-state index < -0.39 is 10.0 Å². The van der Waals surface area contributed by atoms with Gasteiger partial charge < -0.3 is 4.74 Å². The van der Waals surface area contributed by atoms with Crippen molar-refractivity contribution in [2.45, 2.75) is 17.4 Å². The summed E-state index contributed by atoms with van der Waals surface area (Å²) in [5.41, 5.74) is 1.11. The van der Waals surface area contributed by atoms with Crippen LogP contribution in [0.2, 0.25) is 0 Å². The van der Waals surface area contributed by atoms with Crippen LogP contribution in [0.1, 0.15) is 6.42 Å². The average Bonchev–Trinajstić information content (AvgIpc) is 2.99. The molecule has 1 aromatic heterocycles. The van der Waals surface area contributed by atoms with Crippen LogP contribution < -0.4 is 0 Å². The molecule has 9 heteroatoms. The van der Waals surface area contributed by atoms with Gasteiger partial charge in [0.2, 0.25) is 10.0 Å². The van der Waals surface area contributed by atoms with Crippen molar-refractivity contribution in [3.8, 4) is 0 Å². The molecule has 3 heterocycles. The Morgan fingerprint density at radius 1 is 1.29 bits per heavy atom. The third kappa shape index (κ3) is 2.74. The topological polar surface area (TPSA) is 75.6 Å². The van der Waals surface area contributed by atoms with Gasteiger partial charge in [-0.2, -0.15) is 13.1 Å². The van der Waals surface area contributed by atoms with Gasteiger partial charge >= 0.3 is 0 Å². The van der Waals surface area contributed by atoms with Crippen LogP contribution in [-0.2, 0) is 14.8 Å². The van der Waals surface area contributed by atoms with Crippen molar-refractivity contribution in [1.29, 1.82) is 0 Å². The molecule has 0 aliphatic carbocycles. The zero-order chi connectivity index (χ0) is 16.7. The van der Waals surface area contributed by atoms with Crippen molar-refractivity contribution >= 4 is 32.8 Å². The maximum Gasteiger partial charge on any atom is 0.245 e. The first-order chi connectivity index (χ1) is 11.6. The summed E-state index contributed by atoms with van der Waals surface area (Å²) in [5, 5.41) is 0. The Kier molecular flexibility index (Phi) is 4.29. The molecule has 2 aromatic rings. The fourth-order valence-electron chi connectivity index (χ4n) is 3.60. The van der Waals surface area contributed by atoms with Crippen molar-refractivity contribution in [2.24, 2.45) is 5.92 Å². The van der Waals surface area contributed by atoms with E-state index in [1.807, 2.05) is 7.05 Å². The SMILES string of the molecule is CN1CCOC[C@H]2CCN(S(=O)(=O)c3cccc4nsnc34)C[C@H]21. The van der Waals surface area contributed by atoms with E-state index in [4.69, 9.17) is 4.74 Å². The summed E-state index contributed by atoms with van der Waals surface area (Å²) in [7, 11) is -1.53. The lowest BCUT2D eigenvalue weighted by atomic mass is 9.93.